The van der Waals surface area contributed by atoms with Crippen LogP contribution in [0.3, 0.4) is 0 Å². The smallest absolute Gasteiger partial charge is 0.321 e. The standard InChI is InChI=1S/C26H32N4O4/c1-19-5-7-22(20(2)16-19)28-25(33)29-12-9-26(10-13-29)11-14-30(18-26)24(32)17-27-23(31)8-6-21-4-3-15-34-21/h3-8,15-16H,9-14,17-18H2,1-2H3,(H,27,31)(H,28,33). The van der Waals surface area contributed by atoms with Crippen molar-refractivity contribution in [1.29, 1.82) is 0 Å². The molecular formula is C26H32N4O4. The third-order valence-corrected chi connectivity index (χ3v) is 6.88. The topological polar surface area (TPSA) is 94.9 Å². The maximum Gasteiger partial charge on any atom is 0.321 e. The molecule has 1 aromatic carbocycles. The highest BCUT2D eigenvalue weighted by Gasteiger charge is 2.42. The Labute approximate surface area is 200 Å². The summed E-state index contributed by atoms with van der Waals surface area (Å²) in [5, 5.41) is 5.68. The molecule has 34 heavy (non-hydrogen) atoms. The average molecular weight is 465 g/mol. The van der Waals surface area contributed by atoms with Crippen LogP contribution in [0.1, 0.15) is 36.1 Å². The van der Waals surface area contributed by atoms with Crippen LogP contribution in [-0.4, -0.2) is 60.4 Å². The van der Waals surface area contributed by atoms with Crippen molar-refractivity contribution in [2.45, 2.75) is 33.1 Å². The summed E-state index contributed by atoms with van der Waals surface area (Å²) in [5.41, 5.74) is 3.11. The number of nitrogens with zero attached hydrogens (tertiary/aromatic N) is 2. The number of benzene rings is 1. The van der Waals surface area contributed by atoms with E-state index >= 15 is 0 Å². The number of carbonyl (C=O) groups is 3. The molecule has 2 N–H and O–H groups in total. The molecule has 0 radical (unpaired) electrons. The van der Waals surface area contributed by atoms with Crippen molar-refractivity contribution in [2.75, 3.05) is 38.0 Å². The second-order valence-electron chi connectivity index (χ2n) is 9.37. The third kappa shape index (κ3) is 5.68. The molecule has 0 unspecified atom stereocenters. The first-order chi connectivity index (χ1) is 16.3. The molecule has 8 heteroatoms. The molecule has 180 valence electrons. The zero-order valence-corrected chi connectivity index (χ0v) is 19.8. The van der Waals surface area contributed by atoms with Gasteiger partial charge in [0.2, 0.25) is 11.8 Å². The van der Waals surface area contributed by atoms with Crippen molar-refractivity contribution in [3.63, 3.8) is 0 Å². The number of piperidine rings is 1. The lowest BCUT2D eigenvalue weighted by molar-refractivity contribution is -0.131. The molecule has 2 saturated heterocycles. The highest BCUT2D eigenvalue weighted by Crippen LogP contribution is 2.40. The van der Waals surface area contributed by atoms with E-state index in [1.165, 1.54) is 17.9 Å². The molecule has 1 aromatic heterocycles. The third-order valence-electron chi connectivity index (χ3n) is 6.88. The highest BCUT2D eigenvalue weighted by molar-refractivity contribution is 5.94. The number of furan rings is 1. The van der Waals surface area contributed by atoms with Crippen molar-refractivity contribution >= 4 is 29.6 Å². The SMILES string of the molecule is Cc1ccc(NC(=O)N2CCC3(CCN(C(=O)CNC(=O)C=Cc4ccco4)C3)CC2)c(C)c1. The van der Waals surface area contributed by atoms with E-state index in [1.54, 1.807) is 18.2 Å². The summed E-state index contributed by atoms with van der Waals surface area (Å²) < 4.78 is 5.15. The second kappa shape index (κ2) is 10.2. The van der Waals surface area contributed by atoms with Gasteiger partial charge in [-0.3, -0.25) is 9.59 Å². The van der Waals surface area contributed by atoms with Crippen molar-refractivity contribution in [3.8, 4) is 0 Å². The molecule has 0 bridgehead atoms. The first-order valence-electron chi connectivity index (χ1n) is 11.7. The number of anilines is 1. The van der Waals surface area contributed by atoms with Crippen LogP contribution in [0.25, 0.3) is 6.08 Å². The Morgan fingerprint density at radius 2 is 1.79 bits per heavy atom. The maximum atomic E-state index is 12.8. The predicted molar refractivity (Wildman–Crippen MR) is 130 cm³/mol. The van der Waals surface area contributed by atoms with Gasteiger partial charge < -0.3 is 24.9 Å². The molecule has 1 spiro atoms. The monoisotopic (exact) mass is 464 g/mol. The number of hydrogen-bond acceptors (Lipinski definition) is 4. The fourth-order valence-corrected chi connectivity index (χ4v) is 4.77. The number of rotatable bonds is 5. The minimum Gasteiger partial charge on any atom is -0.465 e. The zero-order chi connectivity index (χ0) is 24.1. The van der Waals surface area contributed by atoms with Crippen molar-refractivity contribution in [3.05, 3.63) is 59.6 Å². The first-order valence-corrected chi connectivity index (χ1v) is 11.7. The molecule has 0 aliphatic carbocycles. The molecule has 2 aliphatic heterocycles. The lowest BCUT2D eigenvalue weighted by Crippen LogP contribution is -2.46. The summed E-state index contributed by atoms with van der Waals surface area (Å²) >= 11 is 0. The van der Waals surface area contributed by atoms with Gasteiger partial charge in [0.1, 0.15) is 5.76 Å². The average Bonchev–Trinajstić information content (AvgIpc) is 3.49. The van der Waals surface area contributed by atoms with Gasteiger partial charge in [0.25, 0.3) is 0 Å². The summed E-state index contributed by atoms with van der Waals surface area (Å²) in [6.45, 7) is 6.71. The Balaban J connectivity index is 1.22. The van der Waals surface area contributed by atoms with Gasteiger partial charge in [-0.05, 0) is 68.4 Å². The van der Waals surface area contributed by atoms with Crippen LogP contribution in [0.2, 0.25) is 0 Å². The second-order valence-corrected chi connectivity index (χ2v) is 9.37. The number of likely N-dealkylation sites (tertiary alicyclic amines) is 2. The van der Waals surface area contributed by atoms with E-state index in [2.05, 4.69) is 16.7 Å². The van der Waals surface area contributed by atoms with Crippen LogP contribution in [0, 0.1) is 19.3 Å². The van der Waals surface area contributed by atoms with E-state index < -0.39 is 0 Å². The summed E-state index contributed by atoms with van der Waals surface area (Å²) in [6.07, 6.45) is 7.12. The quantitative estimate of drug-likeness (QED) is 0.662. The van der Waals surface area contributed by atoms with E-state index in [0.29, 0.717) is 31.9 Å². The number of amides is 4. The summed E-state index contributed by atoms with van der Waals surface area (Å²) in [4.78, 5) is 41.1. The van der Waals surface area contributed by atoms with Crippen molar-refractivity contribution in [1.82, 2.24) is 15.1 Å². The summed E-state index contributed by atoms with van der Waals surface area (Å²) in [7, 11) is 0. The van der Waals surface area contributed by atoms with Crippen molar-refractivity contribution in [2.24, 2.45) is 5.41 Å². The number of nitrogens with one attached hydrogen (secondary N) is 2. The molecule has 4 rings (SSSR count). The van der Waals surface area contributed by atoms with Crippen LogP contribution < -0.4 is 10.6 Å². The lowest BCUT2D eigenvalue weighted by Gasteiger charge is -2.39. The van der Waals surface area contributed by atoms with Gasteiger partial charge in [0.05, 0.1) is 12.8 Å². The molecule has 8 nitrogen and oxygen atoms in total. The molecule has 2 aromatic rings. The van der Waals surface area contributed by atoms with E-state index in [0.717, 1.165) is 30.5 Å². The Hall–Kier alpha value is -3.55. The summed E-state index contributed by atoms with van der Waals surface area (Å²) in [5.74, 6) is 0.172. The van der Waals surface area contributed by atoms with E-state index in [-0.39, 0.29) is 29.8 Å². The van der Waals surface area contributed by atoms with Gasteiger partial charge in [-0.25, -0.2) is 4.79 Å². The molecule has 0 atom stereocenters. The largest absolute Gasteiger partial charge is 0.465 e. The number of carbonyl (C=O) groups excluding carboxylic acids is 3. The fraction of sp³-hybridized carbons (Fsp3) is 0.423. The lowest BCUT2D eigenvalue weighted by atomic mass is 9.78. The van der Waals surface area contributed by atoms with Crippen LogP contribution in [0.4, 0.5) is 10.5 Å². The maximum absolute atomic E-state index is 12.8. The Bertz CT molecular complexity index is 1070. The van der Waals surface area contributed by atoms with Crippen LogP contribution in [-0.2, 0) is 9.59 Å². The first kappa shape index (κ1) is 23.6. The normalized spacial score (nSPS) is 17.4. The zero-order valence-electron chi connectivity index (χ0n) is 19.8. The fourth-order valence-electron chi connectivity index (χ4n) is 4.77. The highest BCUT2D eigenvalue weighted by atomic mass is 16.3. The van der Waals surface area contributed by atoms with Gasteiger partial charge in [-0.15, -0.1) is 0 Å². The Morgan fingerprint density at radius 1 is 1.06 bits per heavy atom. The van der Waals surface area contributed by atoms with Gasteiger partial charge in [0.15, 0.2) is 0 Å². The van der Waals surface area contributed by atoms with E-state index in [1.807, 2.05) is 35.8 Å². The van der Waals surface area contributed by atoms with Crippen LogP contribution in [0.5, 0.6) is 0 Å². The summed E-state index contributed by atoms with van der Waals surface area (Å²) in [6, 6.07) is 9.42. The molecular weight excluding hydrogens is 432 g/mol. The van der Waals surface area contributed by atoms with Gasteiger partial charge in [0, 0.05) is 37.9 Å². The van der Waals surface area contributed by atoms with E-state index in [4.69, 9.17) is 4.42 Å². The Morgan fingerprint density at radius 3 is 2.47 bits per heavy atom. The number of urea groups is 1. The van der Waals surface area contributed by atoms with Gasteiger partial charge in [-0.2, -0.15) is 0 Å². The van der Waals surface area contributed by atoms with Crippen LogP contribution >= 0.6 is 0 Å². The Kier molecular flexibility index (Phi) is 7.05. The minimum atomic E-state index is -0.332. The molecule has 0 saturated carbocycles. The predicted octanol–water partition coefficient (Wildman–Crippen LogP) is 3.57. The molecule has 2 aliphatic rings. The molecule has 3 heterocycles. The van der Waals surface area contributed by atoms with Gasteiger partial charge in [-0.1, -0.05) is 17.7 Å². The molecule has 2 fully saturated rings. The van der Waals surface area contributed by atoms with Crippen LogP contribution in [0.15, 0.2) is 47.1 Å². The van der Waals surface area contributed by atoms with E-state index in [9.17, 15) is 14.4 Å². The molecule has 4 amide bonds. The number of aryl methyl sites for hydroxylation is 2. The van der Waals surface area contributed by atoms with Crippen molar-refractivity contribution < 1.29 is 18.8 Å². The minimum absolute atomic E-state index is 0.0260. The number of hydrogen-bond donors (Lipinski definition) is 2. The van der Waals surface area contributed by atoms with Gasteiger partial charge >= 0.3 is 6.03 Å².